The zero-order valence-corrected chi connectivity index (χ0v) is 35.7. The first-order valence-electron chi connectivity index (χ1n) is 20.1. The lowest BCUT2D eigenvalue weighted by molar-refractivity contribution is -0.143. The molecule has 0 spiro atoms. The van der Waals surface area contributed by atoms with Crippen molar-refractivity contribution in [1.82, 2.24) is 31.9 Å². The number of hydrogen-bond donors (Lipinski definition) is 11. The number of benzene rings is 1. The van der Waals surface area contributed by atoms with Crippen LogP contribution in [0.5, 0.6) is 0 Å². The molecule has 0 aliphatic heterocycles. The summed E-state index contributed by atoms with van der Waals surface area (Å²) < 4.78 is 0. The molecule has 9 amide bonds. The monoisotopic (exact) mass is 860 g/mol. The van der Waals surface area contributed by atoms with Gasteiger partial charge in [-0.1, -0.05) is 71.9 Å². The molecule has 15 N–H and O–H groups in total. The summed E-state index contributed by atoms with van der Waals surface area (Å²) in [5, 5.41) is 24.6. The Morgan fingerprint density at radius 3 is 1.48 bits per heavy atom. The third-order valence-corrected chi connectivity index (χ3v) is 9.21. The first-order valence-corrected chi connectivity index (χ1v) is 20.1. The SMILES string of the molecule is CC(C)C[C@H](NC(=O)[C@H](CC(C)C)NC(=O)[C@H](CCC(N)=O)NC(=O)[C@H](Cc1ccccc1)NC(=O)[C@H](CC(N)=O)NC(=O)[C@@H](NC(=O)[C@@H](N)CCC(N)=O)C(C)C)C(=O)O. The van der Waals surface area contributed by atoms with Crippen LogP contribution in [0, 0.1) is 17.8 Å². The maximum absolute atomic E-state index is 14.1. The summed E-state index contributed by atoms with van der Waals surface area (Å²) in [7, 11) is 0. The average molecular weight is 861 g/mol. The Bertz CT molecular complexity index is 1710. The smallest absolute Gasteiger partial charge is 0.326 e. The van der Waals surface area contributed by atoms with Gasteiger partial charge in [-0.25, -0.2) is 4.79 Å². The standard InChI is InChI=1S/C40H64N10O11/c1-20(2)16-26(36(56)49-29(40(60)61)17-21(3)4)46-35(55)25(13-15-31(43)52)45-37(57)27(18-23-10-8-7-9-11-23)47-38(58)28(19-32(44)53)48-39(59)33(22(5)6)50-34(54)24(41)12-14-30(42)51/h7-11,20-22,24-29,33H,12-19,41H2,1-6H3,(H2,42,51)(H2,43,52)(H2,44,53)(H,45,57)(H,46,55)(H,47,58)(H,48,59)(H,49,56)(H,50,54)(H,60,61)/t24-,25-,26-,27-,28-,29-,33-/m0/s1. The Morgan fingerprint density at radius 2 is 0.967 bits per heavy atom. The molecule has 21 heteroatoms. The fraction of sp³-hybridized carbons (Fsp3) is 0.600. The molecule has 0 unspecified atom stereocenters. The maximum atomic E-state index is 14.1. The molecule has 1 aromatic carbocycles. The summed E-state index contributed by atoms with van der Waals surface area (Å²) in [6, 6.07) is -1.31. The Morgan fingerprint density at radius 1 is 0.525 bits per heavy atom. The number of carbonyl (C=O) groups is 10. The van der Waals surface area contributed by atoms with Crippen molar-refractivity contribution < 1.29 is 53.1 Å². The van der Waals surface area contributed by atoms with E-state index in [0.29, 0.717) is 5.56 Å². The van der Waals surface area contributed by atoms with E-state index in [0.717, 1.165) is 0 Å². The van der Waals surface area contributed by atoms with Crippen molar-refractivity contribution in [3.63, 3.8) is 0 Å². The molecule has 0 aromatic heterocycles. The summed E-state index contributed by atoms with van der Waals surface area (Å²) in [6.07, 6.45) is -1.75. The number of nitrogens with two attached hydrogens (primary N) is 4. The highest BCUT2D eigenvalue weighted by molar-refractivity contribution is 5.98. The van der Waals surface area contributed by atoms with E-state index in [9.17, 15) is 53.1 Å². The first-order chi connectivity index (χ1) is 28.4. The van der Waals surface area contributed by atoms with Crippen LogP contribution in [-0.4, -0.2) is 107 Å². The van der Waals surface area contributed by atoms with Gasteiger partial charge in [-0.2, -0.15) is 0 Å². The van der Waals surface area contributed by atoms with Crippen LogP contribution in [0.2, 0.25) is 0 Å². The van der Waals surface area contributed by atoms with Crippen LogP contribution in [-0.2, 0) is 54.4 Å². The van der Waals surface area contributed by atoms with Gasteiger partial charge in [0.1, 0.15) is 36.3 Å². The van der Waals surface area contributed by atoms with Crippen LogP contribution in [0.1, 0.15) is 92.1 Å². The van der Waals surface area contributed by atoms with Crippen molar-refractivity contribution in [3.05, 3.63) is 35.9 Å². The molecule has 0 fully saturated rings. The van der Waals surface area contributed by atoms with E-state index in [-0.39, 0.29) is 56.8 Å². The molecule has 7 atom stereocenters. The molecule has 1 aromatic rings. The number of carboxylic acid groups (broad SMARTS) is 1. The van der Waals surface area contributed by atoms with Crippen molar-refractivity contribution in [3.8, 4) is 0 Å². The van der Waals surface area contributed by atoms with Gasteiger partial charge >= 0.3 is 5.97 Å². The molecule has 0 aliphatic rings. The van der Waals surface area contributed by atoms with Crippen LogP contribution in [0.25, 0.3) is 0 Å². The highest BCUT2D eigenvalue weighted by atomic mass is 16.4. The summed E-state index contributed by atoms with van der Waals surface area (Å²) in [5.41, 5.74) is 22.3. The predicted octanol–water partition coefficient (Wildman–Crippen LogP) is -2.30. The van der Waals surface area contributed by atoms with E-state index in [4.69, 9.17) is 22.9 Å². The lowest BCUT2D eigenvalue weighted by Gasteiger charge is -2.28. The molecule has 0 saturated heterocycles. The fourth-order valence-electron chi connectivity index (χ4n) is 6.00. The normalized spacial score (nSPS) is 14.6. The highest BCUT2D eigenvalue weighted by Crippen LogP contribution is 2.12. The predicted molar refractivity (Wildman–Crippen MR) is 222 cm³/mol. The van der Waals surface area contributed by atoms with E-state index in [1.165, 1.54) is 0 Å². The van der Waals surface area contributed by atoms with Crippen LogP contribution < -0.4 is 54.8 Å². The van der Waals surface area contributed by atoms with Gasteiger partial charge in [0.2, 0.25) is 53.2 Å². The highest BCUT2D eigenvalue weighted by Gasteiger charge is 2.35. The second-order valence-electron chi connectivity index (χ2n) is 16.1. The van der Waals surface area contributed by atoms with Gasteiger partial charge in [0.15, 0.2) is 0 Å². The molecule has 0 bridgehead atoms. The number of aliphatic carboxylic acids is 1. The number of carbonyl (C=O) groups excluding carboxylic acids is 9. The number of carboxylic acids is 1. The Labute approximate surface area is 355 Å². The minimum atomic E-state index is -1.67. The van der Waals surface area contributed by atoms with E-state index in [1.807, 2.05) is 0 Å². The number of rotatable bonds is 28. The van der Waals surface area contributed by atoms with E-state index in [2.05, 4.69) is 31.9 Å². The van der Waals surface area contributed by atoms with Crippen LogP contribution >= 0.6 is 0 Å². The number of amides is 9. The molecular weight excluding hydrogens is 796 g/mol. The van der Waals surface area contributed by atoms with E-state index in [1.54, 1.807) is 71.9 Å². The molecule has 0 radical (unpaired) electrons. The van der Waals surface area contributed by atoms with Gasteiger partial charge in [-0.05, 0) is 49.0 Å². The third kappa shape index (κ3) is 20.6. The van der Waals surface area contributed by atoms with E-state index >= 15 is 0 Å². The maximum Gasteiger partial charge on any atom is 0.326 e. The quantitative estimate of drug-likeness (QED) is 0.0424. The van der Waals surface area contributed by atoms with Crippen LogP contribution in [0.4, 0.5) is 0 Å². The molecular formula is C40H64N10O11. The van der Waals surface area contributed by atoms with Crippen molar-refractivity contribution in [2.75, 3.05) is 0 Å². The number of hydrogen-bond acceptors (Lipinski definition) is 11. The molecule has 0 aliphatic carbocycles. The lowest BCUT2D eigenvalue weighted by Crippen LogP contribution is -2.61. The Kier molecular flexibility index (Phi) is 22.7. The Balaban J connectivity index is 3.48. The molecule has 340 valence electrons. The van der Waals surface area contributed by atoms with Crippen molar-refractivity contribution in [1.29, 1.82) is 0 Å². The molecule has 21 nitrogen and oxygen atoms in total. The van der Waals surface area contributed by atoms with Gasteiger partial charge in [-0.15, -0.1) is 0 Å². The summed E-state index contributed by atoms with van der Waals surface area (Å²) in [5.74, 6) is -9.98. The molecule has 0 heterocycles. The Hall–Kier alpha value is -6.12. The van der Waals surface area contributed by atoms with Crippen molar-refractivity contribution in [2.24, 2.45) is 40.7 Å². The molecule has 0 saturated carbocycles. The minimum Gasteiger partial charge on any atom is -0.480 e. The fourth-order valence-corrected chi connectivity index (χ4v) is 6.00. The first kappa shape index (κ1) is 52.9. The average Bonchev–Trinajstić information content (AvgIpc) is 3.15. The minimum absolute atomic E-state index is 0.0746. The molecule has 1 rings (SSSR count). The second kappa shape index (κ2) is 26.2. The zero-order valence-electron chi connectivity index (χ0n) is 35.7. The van der Waals surface area contributed by atoms with Gasteiger partial charge in [0.25, 0.3) is 0 Å². The van der Waals surface area contributed by atoms with Crippen molar-refractivity contribution >= 4 is 59.1 Å². The lowest BCUT2D eigenvalue weighted by atomic mass is 9.99. The van der Waals surface area contributed by atoms with E-state index < -0.39 is 114 Å². The summed E-state index contributed by atoms with van der Waals surface area (Å²) in [4.78, 5) is 128. The zero-order chi connectivity index (χ0) is 46.6. The molecule has 61 heavy (non-hydrogen) atoms. The number of primary amides is 3. The third-order valence-electron chi connectivity index (χ3n) is 9.21. The van der Waals surface area contributed by atoms with Gasteiger partial charge in [-0.3, -0.25) is 43.2 Å². The van der Waals surface area contributed by atoms with Crippen molar-refractivity contribution in [2.45, 2.75) is 135 Å². The van der Waals surface area contributed by atoms with Crippen LogP contribution in [0.3, 0.4) is 0 Å². The van der Waals surface area contributed by atoms with Gasteiger partial charge in [0, 0.05) is 19.3 Å². The number of nitrogens with one attached hydrogen (secondary N) is 6. The summed E-state index contributed by atoms with van der Waals surface area (Å²) in [6.45, 7) is 10.3. The topological polar surface area (TPSA) is 367 Å². The van der Waals surface area contributed by atoms with Crippen LogP contribution in [0.15, 0.2) is 30.3 Å². The van der Waals surface area contributed by atoms with Gasteiger partial charge < -0.3 is 59.9 Å². The summed E-state index contributed by atoms with van der Waals surface area (Å²) >= 11 is 0. The largest absolute Gasteiger partial charge is 0.480 e. The van der Waals surface area contributed by atoms with Gasteiger partial charge in [0.05, 0.1) is 12.5 Å². The second-order valence-corrected chi connectivity index (χ2v) is 16.1.